The Hall–Kier alpha value is -2.62. The minimum Gasteiger partial charge on any atom is -0.352 e. The third-order valence-electron chi connectivity index (χ3n) is 3.44. The van der Waals surface area contributed by atoms with Crippen molar-refractivity contribution in [1.82, 2.24) is 24.7 Å². The molecule has 0 aliphatic carbocycles. The first-order valence-corrected chi connectivity index (χ1v) is 8.63. The molecule has 0 fully saturated rings. The van der Waals surface area contributed by atoms with E-state index in [1.165, 1.54) is 12.3 Å². The Morgan fingerprint density at radius 1 is 1.27 bits per heavy atom. The van der Waals surface area contributed by atoms with Crippen molar-refractivity contribution < 1.29 is 13.2 Å². The van der Waals surface area contributed by atoms with Crippen molar-refractivity contribution in [2.45, 2.75) is 11.3 Å². The van der Waals surface area contributed by atoms with Crippen molar-refractivity contribution >= 4 is 17.7 Å². The number of anilines is 1. The highest BCUT2D eigenvalue weighted by atomic mass is 32.2. The molecule has 0 amide bonds. The van der Waals surface area contributed by atoms with Gasteiger partial charge in [0.05, 0.1) is 17.5 Å². The molecule has 0 aliphatic rings. The van der Waals surface area contributed by atoms with Crippen molar-refractivity contribution in [1.29, 1.82) is 0 Å². The molecular weight excluding hydrogens is 365 g/mol. The number of alkyl halides is 3. The zero-order valence-corrected chi connectivity index (χ0v) is 14.6. The maximum atomic E-state index is 12.8. The van der Waals surface area contributed by atoms with Gasteiger partial charge in [0, 0.05) is 37.3 Å². The van der Waals surface area contributed by atoms with Gasteiger partial charge in [-0.1, -0.05) is 23.9 Å². The lowest BCUT2D eigenvalue weighted by Gasteiger charge is -2.09. The van der Waals surface area contributed by atoms with E-state index >= 15 is 0 Å². The number of thioether (sulfide) groups is 1. The van der Waals surface area contributed by atoms with Crippen molar-refractivity contribution in [3.8, 4) is 11.3 Å². The van der Waals surface area contributed by atoms with Crippen LogP contribution in [-0.2, 0) is 13.2 Å². The fourth-order valence-electron chi connectivity index (χ4n) is 2.17. The molecule has 2 heterocycles. The number of nitrogens with one attached hydrogen (secondary N) is 1. The summed E-state index contributed by atoms with van der Waals surface area (Å²) < 4.78 is 40.4. The van der Waals surface area contributed by atoms with Gasteiger partial charge >= 0.3 is 6.18 Å². The normalized spacial score (nSPS) is 11.5. The molecule has 0 atom stereocenters. The lowest BCUT2D eigenvalue weighted by molar-refractivity contribution is -0.137. The monoisotopic (exact) mass is 380 g/mol. The van der Waals surface area contributed by atoms with E-state index in [0.717, 1.165) is 23.0 Å². The van der Waals surface area contributed by atoms with E-state index in [4.69, 9.17) is 0 Å². The zero-order valence-electron chi connectivity index (χ0n) is 13.7. The molecule has 2 aromatic heterocycles. The molecule has 1 N–H and O–H groups in total. The molecule has 6 nitrogen and oxygen atoms in total. The summed E-state index contributed by atoms with van der Waals surface area (Å²) in [6.45, 7) is 0.561. The molecule has 0 spiro atoms. The topological polar surface area (TPSA) is 68.5 Å². The second-order valence-electron chi connectivity index (χ2n) is 5.34. The Kier molecular flexibility index (Phi) is 5.40. The molecule has 3 rings (SSSR count). The van der Waals surface area contributed by atoms with Crippen LogP contribution in [0.2, 0.25) is 0 Å². The number of halogens is 3. The first kappa shape index (κ1) is 18.2. The Morgan fingerprint density at radius 3 is 2.85 bits per heavy atom. The average Bonchev–Trinajstić information content (AvgIpc) is 3.03. The largest absolute Gasteiger partial charge is 0.416 e. The van der Waals surface area contributed by atoms with Crippen LogP contribution in [0.1, 0.15) is 5.56 Å². The standard InChI is InChI=1S/C16H15F3N6S/c1-25-7-5-21-15(25)26-8-6-20-14-23-13(10-22-24-14)11-3-2-4-12(9-11)16(17,18)19/h2-5,7,9-10H,6,8H2,1H3,(H,20,23,24). The lowest BCUT2D eigenvalue weighted by Crippen LogP contribution is -2.09. The summed E-state index contributed by atoms with van der Waals surface area (Å²) >= 11 is 1.57. The Morgan fingerprint density at radius 2 is 2.12 bits per heavy atom. The maximum Gasteiger partial charge on any atom is 0.416 e. The van der Waals surface area contributed by atoms with Gasteiger partial charge in [-0.05, 0) is 12.1 Å². The summed E-state index contributed by atoms with van der Waals surface area (Å²) in [5.74, 6) is 0.988. The van der Waals surface area contributed by atoms with E-state index < -0.39 is 11.7 Å². The molecule has 0 bridgehead atoms. The van der Waals surface area contributed by atoms with Gasteiger partial charge in [-0.25, -0.2) is 9.97 Å². The summed E-state index contributed by atoms with van der Waals surface area (Å²) in [6, 6.07) is 4.97. The van der Waals surface area contributed by atoms with Crippen LogP contribution in [0.25, 0.3) is 11.3 Å². The molecule has 0 aliphatic heterocycles. The van der Waals surface area contributed by atoms with Crippen molar-refractivity contribution in [2.75, 3.05) is 17.6 Å². The number of nitrogens with zero attached hydrogens (tertiary/aromatic N) is 5. The number of benzene rings is 1. The van der Waals surface area contributed by atoms with Gasteiger partial charge in [-0.3, -0.25) is 0 Å². The van der Waals surface area contributed by atoms with Crippen molar-refractivity contribution in [3.05, 3.63) is 48.4 Å². The minimum absolute atomic E-state index is 0.264. The van der Waals surface area contributed by atoms with E-state index in [1.807, 2.05) is 17.8 Å². The minimum atomic E-state index is -4.40. The molecular formula is C16H15F3N6S. The predicted octanol–water partition coefficient (Wildman–Crippen LogP) is 3.50. The van der Waals surface area contributed by atoms with E-state index in [-0.39, 0.29) is 5.95 Å². The van der Waals surface area contributed by atoms with E-state index in [2.05, 4.69) is 25.5 Å². The molecule has 0 unspecified atom stereocenters. The Labute approximate surface area is 151 Å². The fraction of sp³-hybridized carbons (Fsp3) is 0.250. The van der Waals surface area contributed by atoms with Gasteiger partial charge < -0.3 is 9.88 Å². The number of hydrogen-bond donors (Lipinski definition) is 1. The van der Waals surface area contributed by atoms with Crippen LogP contribution in [0.5, 0.6) is 0 Å². The highest BCUT2D eigenvalue weighted by Gasteiger charge is 2.30. The van der Waals surface area contributed by atoms with Gasteiger partial charge in [0.25, 0.3) is 0 Å². The third kappa shape index (κ3) is 4.51. The Balaban J connectivity index is 1.64. The van der Waals surface area contributed by atoms with Crippen LogP contribution in [0.4, 0.5) is 19.1 Å². The van der Waals surface area contributed by atoms with Gasteiger partial charge in [-0.15, -0.1) is 5.10 Å². The highest BCUT2D eigenvalue weighted by Crippen LogP contribution is 2.31. The van der Waals surface area contributed by atoms with Crippen LogP contribution in [0.3, 0.4) is 0 Å². The second-order valence-corrected chi connectivity index (χ2v) is 6.40. The van der Waals surface area contributed by atoms with E-state index in [1.54, 1.807) is 24.0 Å². The predicted molar refractivity (Wildman–Crippen MR) is 92.7 cm³/mol. The van der Waals surface area contributed by atoms with Crippen molar-refractivity contribution in [2.24, 2.45) is 7.05 Å². The molecule has 1 aromatic carbocycles. The smallest absolute Gasteiger partial charge is 0.352 e. The fourth-order valence-corrected chi connectivity index (χ4v) is 2.96. The second kappa shape index (κ2) is 7.73. The average molecular weight is 380 g/mol. The molecule has 10 heteroatoms. The first-order chi connectivity index (χ1) is 12.4. The van der Waals surface area contributed by atoms with Crippen LogP contribution in [0.15, 0.2) is 48.0 Å². The summed E-state index contributed by atoms with van der Waals surface area (Å²) in [7, 11) is 1.91. The molecule has 0 saturated carbocycles. The van der Waals surface area contributed by atoms with Crippen LogP contribution >= 0.6 is 11.8 Å². The number of aromatic nitrogens is 5. The molecule has 0 radical (unpaired) electrons. The number of rotatable bonds is 6. The summed E-state index contributed by atoms with van der Waals surface area (Å²) in [5, 5.41) is 11.6. The zero-order chi connectivity index (χ0) is 18.6. The van der Waals surface area contributed by atoms with Crippen molar-refractivity contribution in [3.63, 3.8) is 0 Å². The first-order valence-electron chi connectivity index (χ1n) is 7.65. The van der Waals surface area contributed by atoms with Gasteiger partial charge in [-0.2, -0.15) is 18.3 Å². The van der Waals surface area contributed by atoms with E-state index in [0.29, 0.717) is 17.8 Å². The van der Waals surface area contributed by atoms with Crippen LogP contribution in [-0.4, -0.2) is 37.0 Å². The Bertz CT molecular complexity index is 880. The quantitative estimate of drug-likeness (QED) is 0.522. The summed E-state index contributed by atoms with van der Waals surface area (Å²) in [5.41, 5.74) is -0.0693. The lowest BCUT2D eigenvalue weighted by atomic mass is 10.1. The van der Waals surface area contributed by atoms with E-state index in [9.17, 15) is 13.2 Å². The SMILES string of the molecule is Cn1ccnc1SCCNc1nncc(-c2cccc(C(F)(F)F)c2)n1. The molecule has 0 saturated heterocycles. The van der Waals surface area contributed by atoms with Gasteiger partial charge in [0.1, 0.15) is 0 Å². The maximum absolute atomic E-state index is 12.8. The summed E-state index contributed by atoms with van der Waals surface area (Å²) in [4.78, 5) is 8.44. The summed E-state index contributed by atoms with van der Waals surface area (Å²) in [6.07, 6.45) is 0.520. The number of hydrogen-bond acceptors (Lipinski definition) is 6. The third-order valence-corrected chi connectivity index (χ3v) is 4.50. The van der Waals surface area contributed by atoms with Crippen LogP contribution in [0, 0.1) is 0 Å². The molecule has 136 valence electrons. The molecule has 3 aromatic rings. The number of imidazole rings is 1. The van der Waals surface area contributed by atoms with Gasteiger partial charge in [0.2, 0.25) is 5.95 Å². The number of aryl methyl sites for hydroxylation is 1. The highest BCUT2D eigenvalue weighted by molar-refractivity contribution is 7.99. The van der Waals surface area contributed by atoms with Gasteiger partial charge in [0.15, 0.2) is 5.16 Å². The van der Waals surface area contributed by atoms with Crippen LogP contribution < -0.4 is 5.32 Å². The molecule has 26 heavy (non-hydrogen) atoms.